The third-order valence-electron chi connectivity index (χ3n) is 8.32. The lowest BCUT2D eigenvalue weighted by Gasteiger charge is -2.33. The van der Waals surface area contributed by atoms with Gasteiger partial charge in [-0.2, -0.15) is 18.4 Å². The molecule has 9 nitrogen and oxygen atoms in total. The van der Waals surface area contributed by atoms with Crippen LogP contribution < -0.4 is 10.5 Å². The first-order valence-corrected chi connectivity index (χ1v) is 12.2. The van der Waals surface area contributed by atoms with E-state index in [2.05, 4.69) is 11.1 Å². The molecule has 3 aliphatic heterocycles. The summed E-state index contributed by atoms with van der Waals surface area (Å²) in [6.07, 6.45) is -5.08. The molecule has 3 fully saturated rings. The number of aryl methyl sites for hydroxylation is 1. The number of hydrogen-bond acceptors (Lipinski definition) is 7. The number of anilines is 1. The largest absolute Gasteiger partial charge is 0.433 e. The number of aliphatic hydroxyl groups excluding tert-OH is 1. The highest BCUT2D eigenvalue weighted by molar-refractivity contribution is 6.26. The molecule has 5 atom stereocenters. The fraction of sp³-hybridized carbons (Fsp3) is 0.370. The number of carbonyl (C=O) groups excluding carboxylic acids is 2. The number of fused-ring (bicyclic) bond motifs is 6. The molecule has 12 heteroatoms. The van der Waals surface area contributed by atoms with Crippen LogP contribution in [0.15, 0.2) is 53.6 Å². The zero-order valence-corrected chi connectivity index (χ0v) is 20.5. The van der Waals surface area contributed by atoms with Gasteiger partial charge in [0.15, 0.2) is 5.69 Å². The van der Waals surface area contributed by atoms with E-state index in [0.717, 1.165) is 15.8 Å². The number of benzene rings is 2. The highest BCUT2D eigenvalue weighted by Gasteiger charge is 2.77. The van der Waals surface area contributed by atoms with Crippen molar-refractivity contribution in [2.24, 2.45) is 11.8 Å². The number of halogens is 3. The van der Waals surface area contributed by atoms with E-state index in [-0.39, 0.29) is 19.4 Å². The van der Waals surface area contributed by atoms with Crippen molar-refractivity contribution in [3.8, 4) is 6.07 Å². The molecule has 39 heavy (non-hydrogen) atoms. The van der Waals surface area contributed by atoms with Crippen molar-refractivity contribution in [3.05, 3.63) is 70.4 Å². The molecule has 0 spiro atoms. The van der Waals surface area contributed by atoms with E-state index in [9.17, 15) is 37.9 Å². The monoisotopic (exact) mass is 538 g/mol. The molecule has 1 N–H and O–H groups in total. The van der Waals surface area contributed by atoms with Crippen molar-refractivity contribution in [2.45, 2.75) is 49.8 Å². The molecular formula is C27H21F3N4O5. The van der Waals surface area contributed by atoms with Gasteiger partial charge in [0.25, 0.3) is 5.56 Å². The summed E-state index contributed by atoms with van der Waals surface area (Å²) in [5.41, 5.74) is -4.26. The van der Waals surface area contributed by atoms with Crippen LogP contribution in [0.3, 0.4) is 0 Å². The van der Waals surface area contributed by atoms with Gasteiger partial charge in [0, 0.05) is 29.8 Å². The van der Waals surface area contributed by atoms with E-state index < -0.39 is 58.4 Å². The van der Waals surface area contributed by atoms with Gasteiger partial charge in [-0.25, -0.2) is 9.88 Å². The van der Waals surface area contributed by atoms with Crippen molar-refractivity contribution in [2.75, 3.05) is 4.90 Å². The maximum absolute atomic E-state index is 13.9. The smallest absolute Gasteiger partial charge is 0.390 e. The first-order chi connectivity index (χ1) is 18.4. The van der Waals surface area contributed by atoms with Crippen LogP contribution >= 0.6 is 0 Å². The molecule has 2 aromatic carbocycles. The Balaban J connectivity index is 1.38. The van der Waals surface area contributed by atoms with Gasteiger partial charge in [0.05, 0.1) is 47.2 Å². The van der Waals surface area contributed by atoms with E-state index in [1.165, 1.54) is 6.07 Å². The number of carbonyl (C=O) groups is 2. The fourth-order valence-corrected chi connectivity index (χ4v) is 6.50. The Morgan fingerprint density at radius 2 is 1.82 bits per heavy atom. The second kappa shape index (κ2) is 8.21. The van der Waals surface area contributed by atoms with Crippen LogP contribution in [0.25, 0.3) is 10.8 Å². The summed E-state index contributed by atoms with van der Waals surface area (Å²) in [7, 11) is 0. The number of rotatable bonds is 4. The SMILES string of the molecule is C[C@]12O[C@](CCn3cnc(C(F)(F)F)cc3=O)(C[C@@H]1O)[C@H]1C(=O)N(c3ccc(C#N)c4ccccc34)C(=O)[C@H]12. The maximum atomic E-state index is 13.9. The summed E-state index contributed by atoms with van der Waals surface area (Å²) in [5.74, 6) is -3.07. The van der Waals surface area contributed by atoms with E-state index in [4.69, 9.17) is 4.74 Å². The highest BCUT2D eigenvalue weighted by atomic mass is 19.4. The number of aliphatic hydroxyl groups is 1. The molecule has 200 valence electrons. The van der Waals surface area contributed by atoms with Crippen LogP contribution in [0.5, 0.6) is 0 Å². The maximum Gasteiger partial charge on any atom is 0.433 e. The van der Waals surface area contributed by atoms with Crippen LogP contribution in [-0.2, 0) is 27.0 Å². The summed E-state index contributed by atoms with van der Waals surface area (Å²) in [4.78, 5) is 44.5. The minimum Gasteiger partial charge on any atom is -0.390 e. The second-order valence-electron chi connectivity index (χ2n) is 10.4. The zero-order chi connectivity index (χ0) is 27.9. The molecule has 3 saturated heterocycles. The summed E-state index contributed by atoms with van der Waals surface area (Å²) >= 11 is 0. The van der Waals surface area contributed by atoms with Crippen molar-refractivity contribution < 1.29 is 32.6 Å². The molecule has 4 heterocycles. The molecular weight excluding hydrogens is 517 g/mol. The number of aromatic nitrogens is 2. The Morgan fingerprint density at radius 1 is 1.13 bits per heavy atom. The Bertz CT molecular complexity index is 1660. The van der Waals surface area contributed by atoms with Gasteiger partial charge in [-0.3, -0.25) is 19.0 Å². The molecule has 0 saturated carbocycles. The molecule has 0 unspecified atom stereocenters. The standard InChI is InChI=1S/C27H21F3N4O5/c1-25-19(35)11-26(39-25,8-9-33-13-32-18(10-20(33)36)27(28,29)30)22-21(25)23(37)34(24(22)38)17-7-6-14(12-31)15-4-2-3-5-16(15)17/h2-7,10,13,19,21-22,35H,8-9,11H2,1H3/t19-,21-,22+,25-,26+/m0/s1. The predicted octanol–water partition coefficient (Wildman–Crippen LogP) is 2.78. The van der Waals surface area contributed by atoms with Crippen LogP contribution in [-0.4, -0.2) is 43.8 Å². The Labute approximate surface area is 219 Å². The van der Waals surface area contributed by atoms with Gasteiger partial charge in [0.2, 0.25) is 11.8 Å². The summed E-state index contributed by atoms with van der Waals surface area (Å²) in [6.45, 7) is 1.43. The Hall–Kier alpha value is -4.08. The van der Waals surface area contributed by atoms with Crippen molar-refractivity contribution in [1.29, 1.82) is 5.26 Å². The minimum atomic E-state index is -4.77. The molecule has 2 bridgehead atoms. The average molecular weight is 538 g/mol. The van der Waals surface area contributed by atoms with Crippen LogP contribution in [0.1, 0.15) is 31.0 Å². The third-order valence-corrected chi connectivity index (χ3v) is 8.32. The molecule has 0 radical (unpaired) electrons. The van der Waals surface area contributed by atoms with Crippen LogP contribution in [0.2, 0.25) is 0 Å². The molecule has 1 aromatic heterocycles. The second-order valence-corrected chi connectivity index (χ2v) is 10.4. The molecule has 3 aliphatic rings. The summed E-state index contributed by atoms with van der Waals surface area (Å²) in [5, 5.41) is 21.5. The van der Waals surface area contributed by atoms with Crippen molar-refractivity contribution in [3.63, 3.8) is 0 Å². The van der Waals surface area contributed by atoms with Gasteiger partial charge in [-0.15, -0.1) is 0 Å². The van der Waals surface area contributed by atoms with E-state index in [1.54, 1.807) is 37.3 Å². The topological polar surface area (TPSA) is 126 Å². The number of nitrogens with zero attached hydrogens (tertiary/aromatic N) is 4. The van der Waals surface area contributed by atoms with E-state index in [0.29, 0.717) is 28.1 Å². The normalized spacial score (nSPS) is 29.7. The third kappa shape index (κ3) is 3.46. The van der Waals surface area contributed by atoms with Gasteiger partial charge < -0.3 is 9.84 Å². The summed E-state index contributed by atoms with van der Waals surface area (Å²) in [6, 6.07) is 12.5. The highest BCUT2D eigenvalue weighted by Crippen LogP contribution is 2.62. The molecule has 2 amide bonds. The fourth-order valence-electron chi connectivity index (χ4n) is 6.50. The van der Waals surface area contributed by atoms with Crippen LogP contribution in [0.4, 0.5) is 18.9 Å². The molecule has 6 rings (SSSR count). The first-order valence-electron chi connectivity index (χ1n) is 12.2. The number of amides is 2. The number of alkyl halides is 3. The quantitative estimate of drug-likeness (QED) is 0.507. The summed E-state index contributed by atoms with van der Waals surface area (Å²) < 4.78 is 46.0. The zero-order valence-electron chi connectivity index (χ0n) is 20.5. The van der Waals surface area contributed by atoms with Gasteiger partial charge >= 0.3 is 6.18 Å². The van der Waals surface area contributed by atoms with Gasteiger partial charge in [-0.1, -0.05) is 24.3 Å². The molecule has 3 aromatic rings. The van der Waals surface area contributed by atoms with Crippen molar-refractivity contribution >= 4 is 28.3 Å². The molecule has 0 aliphatic carbocycles. The Morgan fingerprint density at radius 3 is 2.49 bits per heavy atom. The number of imide groups is 1. The number of ether oxygens (including phenoxy) is 1. The lowest BCUT2D eigenvalue weighted by molar-refractivity contribution is -0.141. The van der Waals surface area contributed by atoms with Gasteiger partial charge in [0.1, 0.15) is 5.60 Å². The van der Waals surface area contributed by atoms with E-state index >= 15 is 0 Å². The predicted molar refractivity (Wildman–Crippen MR) is 129 cm³/mol. The van der Waals surface area contributed by atoms with E-state index in [1.807, 2.05) is 0 Å². The average Bonchev–Trinajstić information content (AvgIpc) is 3.43. The first kappa shape index (κ1) is 25.2. The Kier molecular flexibility index (Phi) is 5.31. The lowest BCUT2D eigenvalue weighted by Crippen LogP contribution is -2.49. The van der Waals surface area contributed by atoms with Crippen molar-refractivity contribution in [1.82, 2.24) is 9.55 Å². The van der Waals surface area contributed by atoms with Crippen LogP contribution in [0, 0.1) is 23.2 Å². The number of nitriles is 1. The number of hydrogen-bond donors (Lipinski definition) is 1. The lowest BCUT2D eigenvalue weighted by atomic mass is 9.66. The van der Waals surface area contributed by atoms with Gasteiger partial charge in [-0.05, 0) is 25.5 Å². The minimum absolute atomic E-state index is 0.00839.